The largest absolute Gasteiger partial charge is 0.392 e. The van der Waals surface area contributed by atoms with Crippen LogP contribution in [0.1, 0.15) is 45.4 Å². The fraction of sp³-hybridized carbons (Fsp3) is 1.00. The summed E-state index contributed by atoms with van der Waals surface area (Å²) in [6, 6.07) is 0.810. The number of aliphatic hydroxyl groups excluding tert-OH is 1. The SMILES string of the molecule is CCC(O)CN1CCC2CCCCC21. The average Bonchev–Trinajstić information content (AvgIpc) is 2.62. The highest BCUT2D eigenvalue weighted by atomic mass is 16.3. The minimum atomic E-state index is -0.101. The van der Waals surface area contributed by atoms with Crippen molar-refractivity contribution in [1.29, 1.82) is 0 Å². The molecule has 0 spiro atoms. The van der Waals surface area contributed by atoms with Gasteiger partial charge in [0.2, 0.25) is 0 Å². The molecule has 0 amide bonds. The second kappa shape index (κ2) is 4.63. The van der Waals surface area contributed by atoms with E-state index in [1.165, 1.54) is 38.6 Å². The average molecular weight is 197 g/mol. The molecular weight excluding hydrogens is 174 g/mol. The van der Waals surface area contributed by atoms with Crippen LogP contribution in [-0.2, 0) is 0 Å². The maximum atomic E-state index is 9.67. The van der Waals surface area contributed by atoms with Crippen molar-refractivity contribution in [3.63, 3.8) is 0 Å². The van der Waals surface area contributed by atoms with Gasteiger partial charge in [-0.25, -0.2) is 0 Å². The summed E-state index contributed by atoms with van der Waals surface area (Å²) < 4.78 is 0. The van der Waals surface area contributed by atoms with E-state index in [2.05, 4.69) is 11.8 Å². The van der Waals surface area contributed by atoms with Gasteiger partial charge in [-0.05, 0) is 38.1 Å². The van der Waals surface area contributed by atoms with E-state index in [4.69, 9.17) is 0 Å². The molecular formula is C12H23NO. The summed E-state index contributed by atoms with van der Waals surface area (Å²) in [6.45, 7) is 4.21. The fourth-order valence-electron chi connectivity index (χ4n) is 3.13. The van der Waals surface area contributed by atoms with E-state index in [0.29, 0.717) is 0 Å². The van der Waals surface area contributed by atoms with Crippen LogP contribution in [0.15, 0.2) is 0 Å². The topological polar surface area (TPSA) is 23.5 Å². The molecule has 0 aromatic rings. The van der Waals surface area contributed by atoms with Crippen LogP contribution in [0.25, 0.3) is 0 Å². The molecule has 2 heteroatoms. The van der Waals surface area contributed by atoms with Crippen LogP contribution in [-0.4, -0.2) is 35.2 Å². The zero-order chi connectivity index (χ0) is 9.97. The number of likely N-dealkylation sites (tertiary alicyclic amines) is 1. The van der Waals surface area contributed by atoms with Crippen molar-refractivity contribution in [3.8, 4) is 0 Å². The minimum Gasteiger partial charge on any atom is -0.392 e. The third-order valence-electron chi connectivity index (χ3n) is 4.04. The predicted octanol–water partition coefficient (Wildman–Crippen LogP) is 2.02. The fourth-order valence-corrected chi connectivity index (χ4v) is 3.13. The highest BCUT2D eigenvalue weighted by molar-refractivity contribution is 4.90. The molecule has 82 valence electrons. The molecule has 2 nitrogen and oxygen atoms in total. The quantitative estimate of drug-likeness (QED) is 0.748. The number of hydrogen-bond acceptors (Lipinski definition) is 2. The summed E-state index contributed by atoms with van der Waals surface area (Å²) in [6.07, 6.45) is 7.82. The molecule has 0 bridgehead atoms. The Balaban J connectivity index is 1.87. The zero-order valence-electron chi connectivity index (χ0n) is 9.28. The molecule has 0 aromatic heterocycles. The Kier molecular flexibility index (Phi) is 3.45. The molecule has 2 rings (SSSR count). The molecule has 1 saturated carbocycles. The minimum absolute atomic E-state index is 0.101. The van der Waals surface area contributed by atoms with Crippen molar-refractivity contribution in [2.45, 2.75) is 57.6 Å². The van der Waals surface area contributed by atoms with Crippen LogP contribution in [0.2, 0.25) is 0 Å². The molecule has 2 aliphatic rings. The van der Waals surface area contributed by atoms with E-state index in [1.54, 1.807) is 0 Å². The summed E-state index contributed by atoms with van der Waals surface area (Å²) in [5.41, 5.74) is 0. The number of β-amino-alcohol motifs (C(OH)–C–C–N with tert-alkyl or cyclic N) is 1. The Labute approximate surface area is 87.3 Å². The van der Waals surface area contributed by atoms with E-state index in [9.17, 15) is 5.11 Å². The maximum absolute atomic E-state index is 9.67. The molecule has 3 unspecified atom stereocenters. The van der Waals surface area contributed by atoms with Crippen molar-refractivity contribution >= 4 is 0 Å². The molecule has 2 fully saturated rings. The molecule has 1 aliphatic heterocycles. The smallest absolute Gasteiger partial charge is 0.0664 e. The number of aliphatic hydroxyl groups is 1. The first kappa shape index (κ1) is 10.4. The van der Waals surface area contributed by atoms with Gasteiger partial charge in [-0.15, -0.1) is 0 Å². The number of hydrogen-bond donors (Lipinski definition) is 1. The van der Waals surface area contributed by atoms with Crippen molar-refractivity contribution in [2.24, 2.45) is 5.92 Å². The van der Waals surface area contributed by atoms with Crippen LogP contribution in [0.4, 0.5) is 0 Å². The molecule has 1 saturated heterocycles. The third kappa shape index (κ3) is 2.12. The molecule has 1 aliphatic carbocycles. The van der Waals surface area contributed by atoms with Crippen molar-refractivity contribution in [3.05, 3.63) is 0 Å². The summed E-state index contributed by atoms with van der Waals surface area (Å²) in [5, 5.41) is 9.67. The van der Waals surface area contributed by atoms with Gasteiger partial charge in [-0.1, -0.05) is 19.8 Å². The zero-order valence-corrected chi connectivity index (χ0v) is 9.28. The van der Waals surface area contributed by atoms with Gasteiger partial charge >= 0.3 is 0 Å². The number of nitrogens with zero attached hydrogens (tertiary/aromatic N) is 1. The summed E-state index contributed by atoms with van der Waals surface area (Å²) >= 11 is 0. The first-order chi connectivity index (χ1) is 6.81. The Morgan fingerprint density at radius 2 is 2.07 bits per heavy atom. The second-order valence-corrected chi connectivity index (χ2v) is 4.96. The van der Waals surface area contributed by atoms with Gasteiger partial charge in [0, 0.05) is 12.6 Å². The third-order valence-corrected chi connectivity index (χ3v) is 4.04. The van der Waals surface area contributed by atoms with Gasteiger partial charge in [0.25, 0.3) is 0 Å². The summed E-state index contributed by atoms with van der Waals surface area (Å²) in [7, 11) is 0. The van der Waals surface area contributed by atoms with E-state index in [-0.39, 0.29) is 6.10 Å². The van der Waals surface area contributed by atoms with Crippen LogP contribution < -0.4 is 0 Å². The molecule has 14 heavy (non-hydrogen) atoms. The molecule has 1 heterocycles. The van der Waals surface area contributed by atoms with Crippen molar-refractivity contribution in [1.82, 2.24) is 4.90 Å². The second-order valence-electron chi connectivity index (χ2n) is 4.96. The monoisotopic (exact) mass is 197 g/mol. The van der Waals surface area contributed by atoms with E-state index >= 15 is 0 Å². The highest BCUT2D eigenvalue weighted by Crippen LogP contribution is 2.36. The van der Waals surface area contributed by atoms with E-state index in [0.717, 1.165) is 24.9 Å². The lowest BCUT2D eigenvalue weighted by Gasteiger charge is -2.32. The highest BCUT2D eigenvalue weighted by Gasteiger charge is 2.35. The van der Waals surface area contributed by atoms with Gasteiger partial charge in [0.15, 0.2) is 0 Å². The predicted molar refractivity (Wildman–Crippen MR) is 58.2 cm³/mol. The van der Waals surface area contributed by atoms with Crippen LogP contribution in [0.5, 0.6) is 0 Å². The first-order valence-corrected chi connectivity index (χ1v) is 6.23. The first-order valence-electron chi connectivity index (χ1n) is 6.23. The lowest BCUT2D eigenvalue weighted by molar-refractivity contribution is 0.0869. The van der Waals surface area contributed by atoms with E-state index in [1.807, 2.05) is 0 Å². The standard InChI is InChI=1S/C12H23NO/c1-2-11(14)9-13-8-7-10-5-3-4-6-12(10)13/h10-12,14H,2-9H2,1H3. The van der Waals surface area contributed by atoms with Crippen molar-refractivity contribution < 1.29 is 5.11 Å². The molecule has 3 atom stereocenters. The number of fused-ring (bicyclic) bond motifs is 1. The van der Waals surface area contributed by atoms with Crippen LogP contribution in [0, 0.1) is 5.92 Å². The van der Waals surface area contributed by atoms with Crippen molar-refractivity contribution in [2.75, 3.05) is 13.1 Å². The molecule has 0 radical (unpaired) electrons. The Bertz CT molecular complexity index is 183. The van der Waals surface area contributed by atoms with Gasteiger partial charge in [0.05, 0.1) is 6.10 Å². The lowest BCUT2D eigenvalue weighted by Crippen LogP contribution is -2.39. The normalized spacial score (nSPS) is 35.6. The van der Waals surface area contributed by atoms with Crippen LogP contribution in [0.3, 0.4) is 0 Å². The Hall–Kier alpha value is -0.0800. The van der Waals surface area contributed by atoms with Gasteiger partial charge in [-0.3, -0.25) is 4.90 Å². The van der Waals surface area contributed by atoms with Gasteiger partial charge in [-0.2, -0.15) is 0 Å². The van der Waals surface area contributed by atoms with Gasteiger partial charge < -0.3 is 5.11 Å². The number of rotatable bonds is 3. The Morgan fingerprint density at radius 1 is 1.29 bits per heavy atom. The molecule has 0 aromatic carbocycles. The summed E-state index contributed by atoms with van der Waals surface area (Å²) in [5.74, 6) is 0.952. The van der Waals surface area contributed by atoms with Gasteiger partial charge in [0.1, 0.15) is 0 Å². The van der Waals surface area contributed by atoms with Crippen LogP contribution >= 0.6 is 0 Å². The Morgan fingerprint density at radius 3 is 2.86 bits per heavy atom. The van der Waals surface area contributed by atoms with E-state index < -0.39 is 0 Å². The molecule has 1 N–H and O–H groups in total. The lowest BCUT2D eigenvalue weighted by atomic mass is 9.85. The summed E-state index contributed by atoms with van der Waals surface area (Å²) in [4.78, 5) is 2.54. The maximum Gasteiger partial charge on any atom is 0.0664 e.